The minimum absolute atomic E-state index is 0.115. The van der Waals surface area contributed by atoms with Gasteiger partial charge in [-0.2, -0.15) is 0 Å². The highest BCUT2D eigenvalue weighted by Gasteiger charge is 2.20. The first-order chi connectivity index (χ1) is 8.61. The molecular weight excluding hydrogens is 373 g/mol. The summed E-state index contributed by atoms with van der Waals surface area (Å²) >= 11 is 18.9. The third-order valence-corrected chi connectivity index (χ3v) is 5.55. The zero-order valence-electron chi connectivity index (χ0n) is 9.67. The van der Waals surface area contributed by atoms with Gasteiger partial charge in [-0.05, 0) is 52.0 Å². The van der Waals surface area contributed by atoms with E-state index < -0.39 is 0 Å². The fourth-order valence-electron chi connectivity index (χ4n) is 1.72. The molecule has 1 unspecified atom stereocenters. The van der Waals surface area contributed by atoms with Crippen LogP contribution >= 0.6 is 61.8 Å². The molecule has 2 heterocycles. The van der Waals surface area contributed by atoms with Crippen LogP contribution < -0.4 is 5.32 Å². The van der Waals surface area contributed by atoms with E-state index in [1.165, 1.54) is 16.9 Å². The molecule has 1 N–H and O–H groups in total. The van der Waals surface area contributed by atoms with Crippen molar-refractivity contribution in [3.63, 3.8) is 0 Å². The molecule has 0 radical (unpaired) electrons. The van der Waals surface area contributed by atoms with Gasteiger partial charge in [0, 0.05) is 5.56 Å². The van der Waals surface area contributed by atoms with Gasteiger partial charge in [-0.25, -0.2) is 0 Å². The molecule has 2 rings (SSSR count). The standard InChI is InChI=1S/C12H12BrCl2NS2/c1-2-3-16-11(7-4-9(13)17-6-7)8-5-10(14)18-12(8)15/h4-6,11,16H,2-3H2,1H3. The van der Waals surface area contributed by atoms with E-state index in [1.807, 2.05) is 6.07 Å². The first kappa shape index (κ1) is 14.8. The minimum Gasteiger partial charge on any atom is -0.306 e. The summed E-state index contributed by atoms with van der Waals surface area (Å²) < 4.78 is 2.61. The van der Waals surface area contributed by atoms with Crippen LogP contribution in [0.2, 0.25) is 8.67 Å². The quantitative estimate of drug-likeness (QED) is 0.669. The highest BCUT2D eigenvalue weighted by Crippen LogP contribution is 2.39. The van der Waals surface area contributed by atoms with Gasteiger partial charge in [-0.1, -0.05) is 30.1 Å². The maximum Gasteiger partial charge on any atom is 0.0995 e. The van der Waals surface area contributed by atoms with Gasteiger partial charge >= 0.3 is 0 Å². The van der Waals surface area contributed by atoms with Gasteiger partial charge in [-0.3, -0.25) is 0 Å². The van der Waals surface area contributed by atoms with E-state index in [4.69, 9.17) is 23.2 Å². The van der Waals surface area contributed by atoms with E-state index in [1.54, 1.807) is 11.3 Å². The molecule has 0 aliphatic carbocycles. The van der Waals surface area contributed by atoms with Gasteiger partial charge in [0.25, 0.3) is 0 Å². The first-order valence-electron chi connectivity index (χ1n) is 5.54. The average molecular weight is 385 g/mol. The van der Waals surface area contributed by atoms with Crippen LogP contribution in [0.4, 0.5) is 0 Å². The Hall–Kier alpha value is 0.420. The van der Waals surface area contributed by atoms with Crippen molar-refractivity contribution in [3.05, 3.63) is 41.1 Å². The summed E-state index contributed by atoms with van der Waals surface area (Å²) in [7, 11) is 0. The van der Waals surface area contributed by atoms with Crippen molar-refractivity contribution < 1.29 is 0 Å². The minimum atomic E-state index is 0.115. The summed E-state index contributed by atoms with van der Waals surface area (Å²) in [4.78, 5) is 0. The largest absolute Gasteiger partial charge is 0.306 e. The highest BCUT2D eigenvalue weighted by molar-refractivity contribution is 9.11. The van der Waals surface area contributed by atoms with Crippen LogP contribution in [0.15, 0.2) is 21.3 Å². The summed E-state index contributed by atoms with van der Waals surface area (Å²) in [5.74, 6) is 0. The number of thiophene rings is 2. The molecule has 1 atom stereocenters. The molecule has 0 bridgehead atoms. The second kappa shape index (κ2) is 6.73. The molecule has 6 heteroatoms. The molecule has 0 aliphatic heterocycles. The first-order valence-corrected chi connectivity index (χ1v) is 8.78. The Bertz CT molecular complexity index is 524. The maximum atomic E-state index is 6.26. The molecule has 2 aromatic rings. The lowest BCUT2D eigenvalue weighted by Gasteiger charge is -2.17. The molecule has 98 valence electrons. The second-order valence-electron chi connectivity index (χ2n) is 3.85. The zero-order valence-corrected chi connectivity index (χ0v) is 14.4. The van der Waals surface area contributed by atoms with E-state index in [0.29, 0.717) is 0 Å². The van der Waals surface area contributed by atoms with Crippen LogP contribution in [0.5, 0.6) is 0 Å². The summed E-state index contributed by atoms with van der Waals surface area (Å²) in [6.45, 7) is 3.09. The van der Waals surface area contributed by atoms with Gasteiger partial charge in [0.15, 0.2) is 0 Å². The lowest BCUT2D eigenvalue weighted by Crippen LogP contribution is -2.22. The lowest BCUT2D eigenvalue weighted by atomic mass is 10.0. The summed E-state index contributed by atoms with van der Waals surface area (Å²) in [6.07, 6.45) is 1.08. The topological polar surface area (TPSA) is 12.0 Å². The molecule has 1 nitrogen and oxygen atoms in total. The van der Waals surface area contributed by atoms with Gasteiger partial charge < -0.3 is 5.32 Å². The Labute approximate surface area is 133 Å². The van der Waals surface area contributed by atoms with Crippen molar-refractivity contribution in [2.75, 3.05) is 6.54 Å². The predicted octanol–water partition coefficient (Wildman–Crippen LogP) is 5.97. The van der Waals surface area contributed by atoms with Gasteiger partial charge in [-0.15, -0.1) is 22.7 Å². The van der Waals surface area contributed by atoms with Crippen LogP contribution in [0.1, 0.15) is 30.5 Å². The molecule has 0 fully saturated rings. The van der Waals surface area contributed by atoms with Crippen molar-refractivity contribution in [2.45, 2.75) is 19.4 Å². The van der Waals surface area contributed by atoms with Crippen molar-refractivity contribution in [3.8, 4) is 0 Å². The molecule has 0 amide bonds. The Kier molecular flexibility index (Phi) is 5.54. The number of rotatable bonds is 5. The maximum absolute atomic E-state index is 6.26. The van der Waals surface area contributed by atoms with E-state index in [0.717, 1.165) is 31.0 Å². The normalized spacial score (nSPS) is 12.9. The number of hydrogen-bond donors (Lipinski definition) is 1. The fraction of sp³-hybridized carbons (Fsp3) is 0.333. The Balaban J connectivity index is 2.33. The SMILES string of the molecule is CCCNC(c1csc(Br)c1)c1cc(Cl)sc1Cl. The van der Waals surface area contributed by atoms with Gasteiger partial charge in [0.1, 0.15) is 0 Å². The molecular formula is C12H12BrCl2NS2. The number of halogens is 3. The Morgan fingerprint density at radius 1 is 1.39 bits per heavy atom. The van der Waals surface area contributed by atoms with Crippen LogP contribution in [0, 0.1) is 0 Å². The summed E-state index contributed by atoms with van der Waals surface area (Å²) in [6, 6.07) is 4.19. The van der Waals surface area contributed by atoms with Gasteiger partial charge in [0.05, 0.1) is 18.5 Å². The van der Waals surface area contributed by atoms with Crippen LogP contribution in [0.25, 0.3) is 0 Å². The molecule has 0 aromatic carbocycles. The molecule has 0 spiro atoms. The van der Waals surface area contributed by atoms with Crippen molar-refractivity contribution in [1.29, 1.82) is 0 Å². The Morgan fingerprint density at radius 2 is 2.17 bits per heavy atom. The Morgan fingerprint density at radius 3 is 2.67 bits per heavy atom. The molecule has 18 heavy (non-hydrogen) atoms. The highest BCUT2D eigenvalue weighted by atomic mass is 79.9. The summed E-state index contributed by atoms with van der Waals surface area (Å²) in [5.41, 5.74) is 2.28. The second-order valence-corrected chi connectivity index (χ2v) is 8.43. The van der Waals surface area contributed by atoms with Crippen LogP contribution in [0.3, 0.4) is 0 Å². The zero-order chi connectivity index (χ0) is 13.1. The molecule has 0 saturated carbocycles. The fourth-order valence-corrected chi connectivity index (χ4v) is 4.45. The smallest absolute Gasteiger partial charge is 0.0995 e. The third kappa shape index (κ3) is 3.50. The van der Waals surface area contributed by atoms with Gasteiger partial charge in [0.2, 0.25) is 0 Å². The van der Waals surface area contributed by atoms with Crippen molar-refractivity contribution in [1.82, 2.24) is 5.32 Å². The number of nitrogens with one attached hydrogen (secondary N) is 1. The number of hydrogen-bond acceptors (Lipinski definition) is 3. The lowest BCUT2D eigenvalue weighted by molar-refractivity contribution is 0.601. The van der Waals surface area contributed by atoms with Crippen molar-refractivity contribution in [2.24, 2.45) is 0 Å². The van der Waals surface area contributed by atoms with Crippen LogP contribution in [-0.4, -0.2) is 6.54 Å². The third-order valence-electron chi connectivity index (χ3n) is 2.51. The molecule has 0 aliphatic rings. The van der Waals surface area contributed by atoms with E-state index in [2.05, 4.69) is 39.6 Å². The van der Waals surface area contributed by atoms with Crippen LogP contribution in [-0.2, 0) is 0 Å². The predicted molar refractivity (Wildman–Crippen MR) is 86.5 cm³/mol. The van der Waals surface area contributed by atoms with E-state index in [9.17, 15) is 0 Å². The molecule has 0 saturated heterocycles. The molecule has 2 aromatic heterocycles. The average Bonchev–Trinajstić information content (AvgIpc) is 2.87. The summed E-state index contributed by atoms with van der Waals surface area (Å²) in [5, 5.41) is 5.66. The van der Waals surface area contributed by atoms with E-state index in [-0.39, 0.29) is 6.04 Å². The van der Waals surface area contributed by atoms with E-state index >= 15 is 0 Å². The monoisotopic (exact) mass is 383 g/mol. The van der Waals surface area contributed by atoms with Crippen molar-refractivity contribution >= 4 is 61.8 Å².